The number of carbonyl (C=O) groups is 1. The summed E-state index contributed by atoms with van der Waals surface area (Å²) in [4.78, 5) is 11.3. The summed E-state index contributed by atoms with van der Waals surface area (Å²) >= 11 is 0. The van der Waals surface area contributed by atoms with E-state index in [1.807, 2.05) is 0 Å². The summed E-state index contributed by atoms with van der Waals surface area (Å²) < 4.78 is 5.00. The molecule has 1 atom stereocenters. The van der Waals surface area contributed by atoms with E-state index in [2.05, 4.69) is 6.92 Å². The summed E-state index contributed by atoms with van der Waals surface area (Å²) in [5, 5.41) is 8.99. The smallest absolute Gasteiger partial charge is 0.305 e. The molecule has 0 aliphatic carbocycles. The zero-order chi connectivity index (χ0) is 12.9. The van der Waals surface area contributed by atoms with Crippen LogP contribution in [-0.4, -0.2) is 23.8 Å². The van der Waals surface area contributed by atoms with Crippen molar-refractivity contribution < 1.29 is 14.6 Å². The monoisotopic (exact) mass is 244 g/mol. The van der Waals surface area contributed by atoms with Crippen LogP contribution in [0.5, 0.6) is 0 Å². The topological polar surface area (TPSA) is 46.5 Å². The van der Waals surface area contributed by atoms with E-state index in [0.29, 0.717) is 19.4 Å². The number of carbonyl (C=O) groups excluding carboxylic acids is 1. The van der Waals surface area contributed by atoms with E-state index >= 15 is 0 Å². The summed E-state index contributed by atoms with van der Waals surface area (Å²) in [6.07, 6.45) is 9.13. The van der Waals surface area contributed by atoms with Crippen LogP contribution in [0.3, 0.4) is 0 Å². The number of ether oxygens (including phenoxy) is 1. The van der Waals surface area contributed by atoms with Crippen molar-refractivity contribution in [2.75, 3.05) is 6.61 Å². The fraction of sp³-hybridized carbons (Fsp3) is 0.929. The van der Waals surface area contributed by atoms with Gasteiger partial charge in [0.25, 0.3) is 0 Å². The maximum absolute atomic E-state index is 11.3. The lowest BCUT2D eigenvalue weighted by Crippen LogP contribution is -2.10. The highest BCUT2D eigenvalue weighted by atomic mass is 16.5. The van der Waals surface area contributed by atoms with Crippen LogP contribution in [0.2, 0.25) is 0 Å². The number of hydrogen-bond acceptors (Lipinski definition) is 3. The molecule has 0 aliphatic rings. The molecule has 3 nitrogen and oxygen atoms in total. The average molecular weight is 244 g/mol. The first-order valence-electron chi connectivity index (χ1n) is 7.00. The molecule has 102 valence electrons. The highest BCUT2D eigenvalue weighted by molar-refractivity contribution is 5.69. The molecule has 0 fully saturated rings. The van der Waals surface area contributed by atoms with Gasteiger partial charge in [0.2, 0.25) is 0 Å². The highest BCUT2D eigenvalue weighted by Crippen LogP contribution is 2.08. The lowest BCUT2D eigenvalue weighted by atomic mass is 10.1. The number of esters is 1. The zero-order valence-electron chi connectivity index (χ0n) is 11.4. The number of hydrogen-bond donors (Lipinski definition) is 1. The average Bonchev–Trinajstić information content (AvgIpc) is 2.27. The second-order valence-corrected chi connectivity index (χ2v) is 4.73. The van der Waals surface area contributed by atoms with Crippen molar-refractivity contribution in [3.63, 3.8) is 0 Å². The van der Waals surface area contributed by atoms with Gasteiger partial charge in [-0.25, -0.2) is 0 Å². The summed E-state index contributed by atoms with van der Waals surface area (Å²) in [5.74, 6) is -0.126. The Morgan fingerprint density at radius 1 is 1.12 bits per heavy atom. The Kier molecular flexibility index (Phi) is 11.5. The fourth-order valence-electron chi connectivity index (χ4n) is 1.64. The molecule has 1 N–H and O–H groups in total. The number of unbranched alkanes of at least 4 members (excludes halogenated alkanes) is 6. The van der Waals surface area contributed by atoms with Crippen LogP contribution in [0.4, 0.5) is 0 Å². The Bertz CT molecular complexity index is 178. The van der Waals surface area contributed by atoms with Gasteiger partial charge in [-0.05, 0) is 13.3 Å². The van der Waals surface area contributed by atoms with Crippen LogP contribution in [0.15, 0.2) is 0 Å². The second kappa shape index (κ2) is 11.9. The molecule has 3 heteroatoms. The van der Waals surface area contributed by atoms with Crippen LogP contribution >= 0.6 is 0 Å². The maximum Gasteiger partial charge on any atom is 0.305 e. The molecular formula is C14H28O3. The van der Waals surface area contributed by atoms with Crippen molar-refractivity contribution in [2.24, 2.45) is 0 Å². The van der Waals surface area contributed by atoms with Crippen LogP contribution in [-0.2, 0) is 9.53 Å². The molecule has 0 aromatic carbocycles. The lowest BCUT2D eigenvalue weighted by molar-refractivity contribution is -0.144. The molecule has 0 aliphatic heterocycles. The van der Waals surface area contributed by atoms with Crippen molar-refractivity contribution in [3.8, 4) is 0 Å². The largest absolute Gasteiger partial charge is 0.466 e. The van der Waals surface area contributed by atoms with E-state index in [4.69, 9.17) is 9.84 Å². The van der Waals surface area contributed by atoms with Crippen LogP contribution < -0.4 is 0 Å². The number of rotatable bonds is 11. The molecule has 17 heavy (non-hydrogen) atoms. The van der Waals surface area contributed by atoms with Gasteiger partial charge in [-0.15, -0.1) is 0 Å². The second-order valence-electron chi connectivity index (χ2n) is 4.73. The first-order valence-corrected chi connectivity index (χ1v) is 7.00. The molecule has 0 bridgehead atoms. The Labute approximate surface area is 106 Å². The van der Waals surface area contributed by atoms with Crippen molar-refractivity contribution in [1.82, 2.24) is 0 Å². The molecule has 1 unspecified atom stereocenters. The predicted octanol–water partition coefficient (Wildman–Crippen LogP) is 3.44. The van der Waals surface area contributed by atoms with Crippen molar-refractivity contribution in [3.05, 3.63) is 0 Å². The maximum atomic E-state index is 11.3. The summed E-state index contributed by atoms with van der Waals surface area (Å²) in [5.41, 5.74) is 0. The van der Waals surface area contributed by atoms with Gasteiger partial charge in [-0.3, -0.25) is 4.79 Å². The van der Waals surface area contributed by atoms with Gasteiger partial charge in [0, 0.05) is 12.8 Å². The Morgan fingerprint density at radius 3 is 2.29 bits per heavy atom. The summed E-state index contributed by atoms with van der Waals surface area (Å²) in [6, 6.07) is 0. The molecule has 0 heterocycles. The predicted molar refractivity (Wildman–Crippen MR) is 69.9 cm³/mol. The molecule has 0 spiro atoms. The van der Waals surface area contributed by atoms with E-state index in [1.54, 1.807) is 6.92 Å². The third kappa shape index (κ3) is 13.4. The van der Waals surface area contributed by atoms with Crippen molar-refractivity contribution >= 4 is 5.97 Å². The molecular weight excluding hydrogens is 216 g/mol. The molecule has 0 aromatic heterocycles. The van der Waals surface area contributed by atoms with Crippen LogP contribution in [0.25, 0.3) is 0 Å². The normalized spacial score (nSPS) is 12.4. The van der Waals surface area contributed by atoms with Crippen molar-refractivity contribution in [2.45, 2.75) is 77.7 Å². The Morgan fingerprint density at radius 2 is 1.71 bits per heavy atom. The van der Waals surface area contributed by atoms with E-state index in [0.717, 1.165) is 12.8 Å². The van der Waals surface area contributed by atoms with Gasteiger partial charge in [0.15, 0.2) is 0 Å². The van der Waals surface area contributed by atoms with E-state index in [9.17, 15) is 4.79 Å². The third-order valence-corrected chi connectivity index (χ3v) is 2.78. The Hall–Kier alpha value is -0.570. The fourth-order valence-corrected chi connectivity index (χ4v) is 1.64. The SMILES string of the molecule is CCCCCCCCCC(=O)OCCC(C)O. The molecule has 0 aromatic rings. The third-order valence-electron chi connectivity index (χ3n) is 2.78. The van der Waals surface area contributed by atoms with E-state index in [1.165, 1.54) is 32.1 Å². The first kappa shape index (κ1) is 16.4. The standard InChI is InChI=1S/C14H28O3/c1-3-4-5-6-7-8-9-10-14(16)17-12-11-13(2)15/h13,15H,3-12H2,1-2H3. The minimum absolute atomic E-state index is 0.126. The van der Waals surface area contributed by atoms with Gasteiger partial charge in [0.05, 0.1) is 12.7 Å². The molecule has 0 amide bonds. The molecule has 0 saturated heterocycles. The van der Waals surface area contributed by atoms with Gasteiger partial charge in [-0.2, -0.15) is 0 Å². The van der Waals surface area contributed by atoms with E-state index < -0.39 is 0 Å². The molecule has 0 radical (unpaired) electrons. The van der Waals surface area contributed by atoms with Crippen LogP contribution in [0.1, 0.15) is 71.6 Å². The minimum atomic E-state index is -0.388. The van der Waals surface area contributed by atoms with Gasteiger partial charge < -0.3 is 9.84 Å². The quantitative estimate of drug-likeness (QED) is 0.447. The highest BCUT2D eigenvalue weighted by Gasteiger charge is 2.03. The van der Waals surface area contributed by atoms with Gasteiger partial charge in [0.1, 0.15) is 0 Å². The van der Waals surface area contributed by atoms with E-state index in [-0.39, 0.29) is 12.1 Å². The first-order chi connectivity index (χ1) is 8.16. The Balaban J connectivity index is 3.16. The van der Waals surface area contributed by atoms with Crippen LogP contribution in [0, 0.1) is 0 Å². The minimum Gasteiger partial charge on any atom is -0.466 e. The summed E-state index contributed by atoms with van der Waals surface area (Å²) in [6.45, 7) is 4.25. The van der Waals surface area contributed by atoms with Gasteiger partial charge >= 0.3 is 5.97 Å². The number of aliphatic hydroxyl groups is 1. The van der Waals surface area contributed by atoms with Crippen molar-refractivity contribution in [1.29, 1.82) is 0 Å². The molecule has 0 saturated carbocycles. The number of aliphatic hydroxyl groups excluding tert-OH is 1. The summed E-state index contributed by atoms with van der Waals surface area (Å²) in [7, 11) is 0. The lowest BCUT2D eigenvalue weighted by Gasteiger charge is -2.06. The van der Waals surface area contributed by atoms with Gasteiger partial charge in [-0.1, -0.05) is 45.4 Å². The molecule has 0 rings (SSSR count). The zero-order valence-corrected chi connectivity index (χ0v) is 11.4.